The number of hydrogen-bond donors (Lipinski definition) is 1. The first kappa shape index (κ1) is 15.9. The maximum atomic E-state index is 9.14. The van der Waals surface area contributed by atoms with Crippen LogP contribution in [0.1, 0.15) is 60.8 Å². The van der Waals surface area contributed by atoms with Gasteiger partial charge in [-0.15, -0.1) is 0 Å². The second-order valence-electron chi connectivity index (χ2n) is 6.14. The molecule has 0 fully saturated rings. The van der Waals surface area contributed by atoms with Gasteiger partial charge in [-0.25, -0.2) is 0 Å². The Kier molecular flexibility index (Phi) is 6.57. The fourth-order valence-corrected chi connectivity index (χ4v) is 1.68. The summed E-state index contributed by atoms with van der Waals surface area (Å²) < 4.78 is 0. The van der Waals surface area contributed by atoms with Gasteiger partial charge in [0.2, 0.25) is 0 Å². The Hall–Kier alpha value is -0.0800. The summed E-state index contributed by atoms with van der Waals surface area (Å²) >= 11 is 0. The van der Waals surface area contributed by atoms with Crippen molar-refractivity contribution in [2.75, 3.05) is 19.7 Å². The van der Waals surface area contributed by atoms with E-state index in [1.54, 1.807) is 0 Å². The number of aliphatic hydroxyl groups is 1. The van der Waals surface area contributed by atoms with Gasteiger partial charge < -0.3 is 5.11 Å². The summed E-state index contributed by atoms with van der Waals surface area (Å²) in [6.07, 6.45) is 3.54. The van der Waals surface area contributed by atoms with Crippen LogP contribution in [0, 0.1) is 5.41 Å². The molecule has 98 valence electrons. The first-order valence-electron chi connectivity index (χ1n) is 6.65. The van der Waals surface area contributed by atoms with Gasteiger partial charge in [0.15, 0.2) is 0 Å². The Balaban J connectivity index is 4.35. The van der Waals surface area contributed by atoms with Gasteiger partial charge >= 0.3 is 0 Å². The lowest BCUT2D eigenvalue weighted by molar-refractivity contribution is 0.0753. The van der Waals surface area contributed by atoms with Crippen molar-refractivity contribution in [1.82, 2.24) is 4.90 Å². The van der Waals surface area contributed by atoms with Gasteiger partial charge in [0.25, 0.3) is 0 Å². The average molecular weight is 229 g/mol. The molecule has 0 amide bonds. The number of nitrogens with zero attached hydrogens (tertiary/aromatic N) is 1. The molecular weight excluding hydrogens is 198 g/mol. The van der Waals surface area contributed by atoms with Crippen LogP contribution >= 0.6 is 0 Å². The number of rotatable bonds is 8. The monoisotopic (exact) mass is 229 g/mol. The fraction of sp³-hybridized carbons (Fsp3) is 1.00. The minimum absolute atomic E-state index is 0.201. The summed E-state index contributed by atoms with van der Waals surface area (Å²) in [5, 5.41) is 9.14. The highest BCUT2D eigenvalue weighted by Gasteiger charge is 2.26. The van der Waals surface area contributed by atoms with Crippen LogP contribution in [0.15, 0.2) is 0 Å². The van der Waals surface area contributed by atoms with Crippen LogP contribution < -0.4 is 0 Å². The summed E-state index contributed by atoms with van der Waals surface area (Å²) in [6.45, 7) is 15.8. The van der Waals surface area contributed by atoms with E-state index in [4.69, 9.17) is 5.11 Å². The van der Waals surface area contributed by atoms with E-state index in [1.807, 2.05) is 0 Å². The molecule has 0 aliphatic rings. The molecule has 16 heavy (non-hydrogen) atoms. The van der Waals surface area contributed by atoms with E-state index in [-0.39, 0.29) is 12.1 Å². The Bertz CT molecular complexity index is 187. The standard InChI is InChI=1S/C14H31NO/c1-7-13(3,4)9-10-15(11-12-16)14(5,6)8-2/h16H,7-12H2,1-6H3. The molecule has 2 heteroatoms. The largest absolute Gasteiger partial charge is 0.395 e. The Morgan fingerprint density at radius 2 is 1.50 bits per heavy atom. The molecule has 0 aromatic carbocycles. The number of hydrogen-bond acceptors (Lipinski definition) is 2. The van der Waals surface area contributed by atoms with Crippen LogP contribution in [0.5, 0.6) is 0 Å². The summed E-state index contributed by atoms with van der Waals surface area (Å²) in [6, 6.07) is 0. The van der Waals surface area contributed by atoms with Crippen LogP contribution in [0.4, 0.5) is 0 Å². The van der Waals surface area contributed by atoms with Crippen molar-refractivity contribution in [3.8, 4) is 0 Å². The van der Waals surface area contributed by atoms with Crippen LogP contribution in [0.25, 0.3) is 0 Å². The summed E-state index contributed by atoms with van der Waals surface area (Å²) in [5.74, 6) is 0. The van der Waals surface area contributed by atoms with E-state index < -0.39 is 0 Å². The van der Waals surface area contributed by atoms with E-state index in [1.165, 1.54) is 12.8 Å². The molecule has 2 nitrogen and oxygen atoms in total. The average Bonchev–Trinajstić information content (AvgIpc) is 2.24. The van der Waals surface area contributed by atoms with E-state index in [2.05, 4.69) is 46.4 Å². The molecule has 0 heterocycles. The summed E-state index contributed by atoms with van der Waals surface area (Å²) in [4.78, 5) is 2.42. The van der Waals surface area contributed by atoms with Crippen molar-refractivity contribution in [2.45, 2.75) is 66.3 Å². The minimum Gasteiger partial charge on any atom is -0.395 e. The molecular formula is C14H31NO. The first-order valence-corrected chi connectivity index (χ1v) is 6.65. The van der Waals surface area contributed by atoms with Gasteiger partial charge in [0.1, 0.15) is 0 Å². The lowest BCUT2D eigenvalue weighted by Crippen LogP contribution is -2.46. The molecule has 0 aromatic heterocycles. The molecule has 0 saturated carbocycles. The molecule has 0 aliphatic heterocycles. The van der Waals surface area contributed by atoms with E-state index in [9.17, 15) is 0 Å². The maximum absolute atomic E-state index is 9.14. The second kappa shape index (κ2) is 6.61. The molecule has 0 saturated heterocycles. The lowest BCUT2D eigenvalue weighted by atomic mass is 9.85. The minimum atomic E-state index is 0.201. The third kappa shape index (κ3) is 5.31. The molecule has 0 aromatic rings. The third-order valence-corrected chi connectivity index (χ3v) is 4.11. The number of β-amino-alcohol motifs (C(OH)–C–C–N with tert-alkyl or cyclic N) is 1. The molecule has 0 rings (SSSR count). The zero-order chi connectivity index (χ0) is 12.8. The zero-order valence-electron chi connectivity index (χ0n) is 12.1. The SMILES string of the molecule is CCC(C)(C)CCN(CCO)C(C)(C)CC. The van der Waals surface area contributed by atoms with E-state index in [0.717, 1.165) is 19.5 Å². The fourth-order valence-electron chi connectivity index (χ4n) is 1.68. The quantitative estimate of drug-likeness (QED) is 0.690. The highest BCUT2D eigenvalue weighted by atomic mass is 16.3. The van der Waals surface area contributed by atoms with Crippen molar-refractivity contribution >= 4 is 0 Å². The van der Waals surface area contributed by atoms with E-state index in [0.29, 0.717) is 5.41 Å². The van der Waals surface area contributed by atoms with Gasteiger partial charge in [0, 0.05) is 12.1 Å². The number of aliphatic hydroxyl groups excluding tert-OH is 1. The molecule has 0 bridgehead atoms. The molecule has 0 radical (unpaired) electrons. The van der Waals surface area contributed by atoms with Crippen LogP contribution in [-0.2, 0) is 0 Å². The normalized spacial score (nSPS) is 13.5. The van der Waals surface area contributed by atoms with Crippen molar-refractivity contribution in [1.29, 1.82) is 0 Å². The molecule has 0 unspecified atom stereocenters. The third-order valence-electron chi connectivity index (χ3n) is 4.11. The smallest absolute Gasteiger partial charge is 0.0558 e. The van der Waals surface area contributed by atoms with Gasteiger partial charge in [-0.1, -0.05) is 34.1 Å². The summed E-state index contributed by atoms with van der Waals surface area (Å²) in [7, 11) is 0. The summed E-state index contributed by atoms with van der Waals surface area (Å²) in [5.41, 5.74) is 0.615. The highest BCUT2D eigenvalue weighted by molar-refractivity contribution is 4.81. The maximum Gasteiger partial charge on any atom is 0.0558 e. The van der Waals surface area contributed by atoms with Crippen LogP contribution in [-0.4, -0.2) is 35.2 Å². The molecule has 0 atom stereocenters. The van der Waals surface area contributed by atoms with Gasteiger partial charge in [-0.3, -0.25) is 4.90 Å². The van der Waals surface area contributed by atoms with Crippen molar-refractivity contribution in [2.24, 2.45) is 5.41 Å². The van der Waals surface area contributed by atoms with Crippen molar-refractivity contribution in [3.05, 3.63) is 0 Å². The van der Waals surface area contributed by atoms with Crippen molar-refractivity contribution in [3.63, 3.8) is 0 Å². The molecule has 0 spiro atoms. The Labute approximate surface area is 102 Å². The predicted octanol–water partition coefficient (Wildman–Crippen LogP) is 3.30. The first-order chi connectivity index (χ1) is 7.29. The second-order valence-corrected chi connectivity index (χ2v) is 6.14. The molecule has 1 N–H and O–H groups in total. The molecule has 0 aliphatic carbocycles. The Morgan fingerprint density at radius 3 is 1.88 bits per heavy atom. The Morgan fingerprint density at radius 1 is 0.938 bits per heavy atom. The lowest BCUT2D eigenvalue weighted by Gasteiger charge is -2.39. The highest BCUT2D eigenvalue weighted by Crippen LogP contribution is 2.27. The zero-order valence-corrected chi connectivity index (χ0v) is 12.1. The van der Waals surface area contributed by atoms with Gasteiger partial charge in [-0.05, 0) is 38.6 Å². The topological polar surface area (TPSA) is 23.5 Å². The predicted molar refractivity (Wildman–Crippen MR) is 71.7 cm³/mol. The van der Waals surface area contributed by atoms with E-state index >= 15 is 0 Å². The van der Waals surface area contributed by atoms with Gasteiger partial charge in [-0.2, -0.15) is 0 Å². The van der Waals surface area contributed by atoms with Crippen LogP contribution in [0.3, 0.4) is 0 Å². The van der Waals surface area contributed by atoms with Gasteiger partial charge in [0.05, 0.1) is 6.61 Å². The van der Waals surface area contributed by atoms with Crippen molar-refractivity contribution < 1.29 is 5.11 Å². The van der Waals surface area contributed by atoms with Crippen LogP contribution in [0.2, 0.25) is 0 Å².